The Kier molecular flexibility index (Phi) is 5.71. The molecule has 1 N–H and O–H groups in total. The number of sulfonamides is 1. The van der Waals surface area contributed by atoms with Crippen LogP contribution in [0.1, 0.15) is 5.56 Å². The lowest BCUT2D eigenvalue weighted by atomic mass is 10.2. The molecule has 0 saturated heterocycles. The quantitative estimate of drug-likeness (QED) is 0.756. The maximum Gasteiger partial charge on any atom is 0.417 e. The monoisotopic (exact) mass is 431 g/mol. The minimum Gasteiger partial charge on any atom is -0.489 e. The summed E-state index contributed by atoms with van der Waals surface area (Å²) in [5, 5.41) is 8.72. The third kappa shape index (κ3) is 4.30. The Morgan fingerprint density at radius 2 is 1.83 bits per heavy atom. The van der Waals surface area contributed by atoms with E-state index in [1.165, 1.54) is 24.3 Å². The molecule has 3 rings (SSSR count). The van der Waals surface area contributed by atoms with Gasteiger partial charge in [0.1, 0.15) is 25.0 Å². The van der Waals surface area contributed by atoms with E-state index in [9.17, 15) is 26.4 Å². The van der Waals surface area contributed by atoms with Crippen molar-refractivity contribution in [1.82, 2.24) is 0 Å². The number of rotatable bonds is 6. The highest BCUT2D eigenvalue weighted by Gasteiger charge is 2.43. The number of nitrogens with zero attached hydrogens (tertiary/aromatic N) is 1. The molecule has 156 valence electrons. The second-order valence-corrected chi connectivity index (χ2v) is 7.92. The molecule has 1 aliphatic rings. The molecule has 2 aromatic carbocycles. The first kappa shape index (κ1) is 20.9. The summed E-state index contributed by atoms with van der Waals surface area (Å²) in [5.41, 5.74) is -1.26. The molecule has 1 unspecified atom stereocenters. The zero-order valence-corrected chi connectivity index (χ0v) is 15.6. The standard InChI is InChI=1S/C18H16F3NO6S/c19-18(20,21)13-5-1-4-8-16(13)29(25,26)22-12(9-27-11-17(23)24)10-28-15-7-3-2-6-14(15)22/h1-8,12H,9-11H2,(H,23,24). The zero-order chi connectivity index (χ0) is 21.2. The number of alkyl halides is 3. The Labute approximate surface area is 164 Å². The number of benzene rings is 2. The molecule has 0 spiro atoms. The van der Waals surface area contributed by atoms with Crippen molar-refractivity contribution in [3.8, 4) is 5.75 Å². The molecule has 0 fully saturated rings. The fourth-order valence-corrected chi connectivity index (χ4v) is 4.82. The van der Waals surface area contributed by atoms with E-state index in [1.54, 1.807) is 6.07 Å². The van der Waals surface area contributed by atoms with Gasteiger partial charge in [0.25, 0.3) is 10.0 Å². The van der Waals surface area contributed by atoms with E-state index in [-0.39, 0.29) is 24.7 Å². The predicted octanol–water partition coefficient (Wildman–Crippen LogP) is 2.76. The molecule has 11 heteroatoms. The summed E-state index contributed by atoms with van der Waals surface area (Å²) in [6, 6.07) is 8.80. The Bertz CT molecular complexity index is 1010. The zero-order valence-electron chi connectivity index (χ0n) is 14.8. The van der Waals surface area contributed by atoms with Crippen molar-refractivity contribution in [1.29, 1.82) is 0 Å². The number of hydrogen-bond acceptors (Lipinski definition) is 5. The largest absolute Gasteiger partial charge is 0.489 e. The average molecular weight is 431 g/mol. The fourth-order valence-electron chi connectivity index (χ4n) is 2.97. The first-order valence-electron chi connectivity index (χ1n) is 8.34. The van der Waals surface area contributed by atoms with Crippen LogP contribution in [0.4, 0.5) is 18.9 Å². The number of carboxylic acid groups (broad SMARTS) is 1. The van der Waals surface area contributed by atoms with E-state index in [0.29, 0.717) is 6.07 Å². The third-order valence-electron chi connectivity index (χ3n) is 4.13. The van der Waals surface area contributed by atoms with Gasteiger partial charge >= 0.3 is 12.1 Å². The number of carbonyl (C=O) groups is 1. The molecule has 2 aromatic rings. The van der Waals surface area contributed by atoms with Crippen LogP contribution in [0.5, 0.6) is 5.75 Å². The van der Waals surface area contributed by atoms with Gasteiger partial charge in [0, 0.05) is 0 Å². The smallest absolute Gasteiger partial charge is 0.417 e. The van der Waals surface area contributed by atoms with Gasteiger partial charge in [-0.1, -0.05) is 24.3 Å². The summed E-state index contributed by atoms with van der Waals surface area (Å²) in [4.78, 5) is 9.77. The van der Waals surface area contributed by atoms with Crippen molar-refractivity contribution in [3.63, 3.8) is 0 Å². The van der Waals surface area contributed by atoms with E-state index in [1.807, 2.05) is 0 Å². The molecule has 0 amide bonds. The van der Waals surface area contributed by atoms with Gasteiger partial charge in [-0.2, -0.15) is 13.2 Å². The number of ether oxygens (including phenoxy) is 2. The number of carboxylic acids is 1. The minimum absolute atomic E-state index is 0.0413. The molecular weight excluding hydrogens is 415 g/mol. The van der Waals surface area contributed by atoms with Gasteiger partial charge in [0.2, 0.25) is 0 Å². The predicted molar refractivity (Wildman–Crippen MR) is 95.3 cm³/mol. The highest BCUT2D eigenvalue weighted by atomic mass is 32.2. The van der Waals surface area contributed by atoms with E-state index in [0.717, 1.165) is 16.4 Å². The van der Waals surface area contributed by atoms with Crippen molar-refractivity contribution >= 4 is 21.7 Å². The van der Waals surface area contributed by atoms with Crippen LogP contribution in [0.3, 0.4) is 0 Å². The molecule has 0 bridgehead atoms. The van der Waals surface area contributed by atoms with Crippen LogP contribution in [0.15, 0.2) is 53.4 Å². The summed E-state index contributed by atoms with van der Waals surface area (Å²) in [6.45, 7) is -1.29. The van der Waals surface area contributed by atoms with Crippen LogP contribution in [-0.2, 0) is 25.7 Å². The highest BCUT2D eigenvalue weighted by molar-refractivity contribution is 7.93. The summed E-state index contributed by atoms with van der Waals surface area (Å²) >= 11 is 0. The van der Waals surface area contributed by atoms with Gasteiger partial charge < -0.3 is 14.6 Å². The lowest BCUT2D eigenvalue weighted by Gasteiger charge is -2.37. The van der Waals surface area contributed by atoms with E-state index in [4.69, 9.17) is 14.6 Å². The van der Waals surface area contributed by atoms with E-state index < -0.39 is 45.3 Å². The van der Waals surface area contributed by atoms with Crippen molar-refractivity contribution < 1.29 is 41.0 Å². The molecular formula is C18H16F3NO6S. The molecule has 0 radical (unpaired) electrons. The van der Waals surface area contributed by atoms with Gasteiger partial charge in [-0.05, 0) is 24.3 Å². The second-order valence-electron chi connectivity index (χ2n) is 6.14. The molecule has 1 heterocycles. The SMILES string of the molecule is O=C(O)COCC1COc2ccccc2N1S(=O)(=O)c1ccccc1C(F)(F)F. The molecule has 0 aliphatic carbocycles. The molecule has 1 aliphatic heterocycles. The van der Waals surface area contributed by atoms with Gasteiger partial charge in [0.15, 0.2) is 0 Å². The maximum absolute atomic E-state index is 13.4. The minimum atomic E-state index is -4.88. The van der Waals surface area contributed by atoms with Crippen molar-refractivity contribution in [2.45, 2.75) is 17.1 Å². The van der Waals surface area contributed by atoms with Gasteiger partial charge in [-0.3, -0.25) is 4.31 Å². The van der Waals surface area contributed by atoms with Gasteiger partial charge in [0.05, 0.1) is 22.8 Å². The topological polar surface area (TPSA) is 93.1 Å². The molecule has 1 atom stereocenters. The lowest BCUT2D eigenvalue weighted by molar-refractivity contribution is -0.142. The Hall–Kier alpha value is -2.79. The molecule has 0 aromatic heterocycles. The first-order chi connectivity index (χ1) is 13.6. The Morgan fingerprint density at radius 1 is 1.17 bits per heavy atom. The third-order valence-corrected chi connectivity index (χ3v) is 6.06. The van der Waals surface area contributed by atoms with Gasteiger partial charge in [-0.15, -0.1) is 0 Å². The van der Waals surface area contributed by atoms with Gasteiger partial charge in [-0.25, -0.2) is 13.2 Å². The van der Waals surface area contributed by atoms with Crippen molar-refractivity contribution in [2.75, 3.05) is 24.1 Å². The van der Waals surface area contributed by atoms with Crippen LogP contribution in [0.2, 0.25) is 0 Å². The molecule has 0 saturated carbocycles. The first-order valence-corrected chi connectivity index (χ1v) is 9.78. The Balaban J connectivity index is 2.09. The fraction of sp³-hybridized carbons (Fsp3) is 0.278. The number of aliphatic carboxylic acids is 1. The van der Waals surface area contributed by atoms with Crippen molar-refractivity contribution in [2.24, 2.45) is 0 Å². The van der Waals surface area contributed by atoms with Crippen LogP contribution < -0.4 is 9.04 Å². The number of halogens is 3. The molecule has 7 nitrogen and oxygen atoms in total. The van der Waals surface area contributed by atoms with Crippen LogP contribution in [-0.4, -0.2) is 45.4 Å². The number of fused-ring (bicyclic) bond motifs is 1. The number of anilines is 1. The van der Waals surface area contributed by atoms with Crippen LogP contribution in [0, 0.1) is 0 Å². The highest BCUT2D eigenvalue weighted by Crippen LogP contribution is 2.41. The molecule has 29 heavy (non-hydrogen) atoms. The maximum atomic E-state index is 13.4. The van der Waals surface area contributed by atoms with Crippen LogP contribution in [0.25, 0.3) is 0 Å². The lowest BCUT2D eigenvalue weighted by Crippen LogP contribution is -2.49. The summed E-state index contributed by atoms with van der Waals surface area (Å²) in [6.07, 6.45) is -4.88. The Morgan fingerprint density at radius 3 is 2.52 bits per heavy atom. The summed E-state index contributed by atoms with van der Waals surface area (Å²) in [5.74, 6) is -1.09. The average Bonchev–Trinajstić information content (AvgIpc) is 2.66. The van der Waals surface area contributed by atoms with Crippen molar-refractivity contribution in [3.05, 3.63) is 54.1 Å². The summed E-state index contributed by atoms with van der Waals surface area (Å²) < 4.78 is 78.2. The van der Waals surface area contributed by atoms with E-state index >= 15 is 0 Å². The van der Waals surface area contributed by atoms with Crippen LogP contribution >= 0.6 is 0 Å². The number of para-hydroxylation sites is 2. The normalized spacial score (nSPS) is 16.8. The van der Waals surface area contributed by atoms with E-state index in [2.05, 4.69) is 0 Å². The second kappa shape index (κ2) is 7.91. The number of hydrogen-bond donors (Lipinski definition) is 1. The summed E-state index contributed by atoms with van der Waals surface area (Å²) in [7, 11) is -4.68.